The van der Waals surface area contributed by atoms with Crippen molar-refractivity contribution >= 4 is 5.91 Å². The molecular formula is C23H29NO. The maximum atomic E-state index is 12.5. The number of nitrogens with one attached hydrogen (secondary N) is 1. The average molecular weight is 335 g/mol. The fraction of sp³-hybridized carbons (Fsp3) is 0.435. The topological polar surface area (TPSA) is 29.1 Å². The Hall–Kier alpha value is -2.09. The molecule has 0 heterocycles. The summed E-state index contributed by atoms with van der Waals surface area (Å²) >= 11 is 0. The fourth-order valence-corrected chi connectivity index (χ4v) is 3.82. The van der Waals surface area contributed by atoms with Crippen LogP contribution in [0.25, 0.3) is 0 Å². The summed E-state index contributed by atoms with van der Waals surface area (Å²) in [5.41, 5.74) is 2.58. The van der Waals surface area contributed by atoms with E-state index in [1.165, 1.54) is 17.5 Å². The van der Waals surface area contributed by atoms with Crippen LogP contribution in [0.2, 0.25) is 0 Å². The summed E-state index contributed by atoms with van der Waals surface area (Å²) in [6.07, 6.45) is 2.79. The van der Waals surface area contributed by atoms with Gasteiger partial charge >= 0.3 is 0 Å². The van der Waals surface area contributed by atoms with Crippen molar-refractivity contribution in [1.82, 2.24) is 5.32 Å². The molecule has 2 aromatic carbocycles. The van der Waals surface area contributed by atoms with Gasteiger partial charge in [0.2, 0.25) is 5.91 Å². The van der Waals surface area contributed by atoms with Crippen LogP contribution in [0.15, 0.2) is 60.7 Å². The molecule has 0 spiro atoms. The Morgan fingerprint density at radius 3 is 2.24 bits per heavy atom. The Kier molecular flexibility index (Phi) is 5.27. The monoisotopic (exact) mass is 335 g/mol. The van der Waals surface area contributed by atoms with Crippen molar-refractivity contribution in [2.24, 2.45) is 11.8 Å². The maximum absolute atomic E-state index is 12.5. The van der Waals surface area contributed by atoms with Crippen LogP contribution in [0.5, 0.6) is 0 Å². The molecular weight excluding hydrogens is 306 g/mol. The van der Waals surface area contributed by atoms with E-state index >= 15 is 0 Å². The normalized spacial score (nSPS) is 20.8. The van der Waals surface area contributed by atoms with E-state index in [4.69, 9.17) is 0 Å². The highest BCUT2D eigenvalue weighted by atomic mass is 16.1. The third kappa shape index (κ3) is 5.19. The van der Waals surface area contributed by atoms with Crippen molar-refractivity contribution in [1.29, 1.82) is 0 Å². The highest BCUT2D eigenvalue weighted by Crippen LogP contribution is 2.53. The average Bonchev–Trinajstić information content (AvgIpc) is 3.35. The predicted molar refractivity (Wildman–Crippen MR) is 103 cm³/mol. The third-order valence-corrected chi connectivity index (χ3v) is 4.98. The Bertz CT molecular complexity index is 687. The van der Waals surface area contributed by atoms with Gasteiger partial charge in [-0.3, -0.25) is 4.79 Å². The van der Waals surface area contributed by atoms with Crippen LogP contribution in [0.3, 0.4) is 0 Å². The van der Waals surface area contributed by atoms with Gasteiger partial charge in [0, 0.05) is 12.0 Å². The second-order valence-corrected chi connectivity index (χ2v) is 8.37. The number of carbonyl (C=O) groups is 1. The minimum Gasteiger partial charge on any atom is -0.352 e. The molecule has 1 N–H and O–H groups in total. The molecule has 2 heteroatoms. The van der Waals surface area contributed by atoms with Crippen molar-refractivity contribution in [2.45, 2.75) is 51.5 Å². The lowest BCUT2D eigenvalue weighted by Crippen LogP contribution is -2.41. The zero-order chi connectivity index (χ0) is 17.9. The first-order chi connectivity index (χ1) is 11.9. The van der Waals surface area contributed by atoms with Gasteiger partial charge in [-0.25, -0.2) is 0 Å². The van der Waals surface area contributed by atoms with E-state index in [9.17, 15) is 4.79 Å². The van der Waals surface area contributed by atoms with Crippen LogP contribution in [-0.2, 0) is 11.2 Å². The van der Waals surface area contributed by atoms with Gasteiger partial charge in [0.15, 0.2) is 0 Å². The number of hydrogen-bond acceptors (Lipinski definition) is 1. The largest absolute Gasteiger partial charge is 0.352 e. The third-order valence-electron chi connectivity index (χ3n) is 4.98. The number of carbonyl (C=O) groups excluding carboxylic acids is 1. The van der Waals surface area contributed by atoms with Crippen LogP contribution < -0.4 is 5.32 Å². The quantitative estimate of drug-likeness (QED) is 0.795. The summed E-state index contributed by atoms with van der Waals surface area (Å²) in [6, 6.07) is 21.3. The first-order valence-corrected chi connectivity index (χ1v) is 9.32. The van der Waals surface area contributed by atoms with Crippen LogP contribution in [0.1, 0.15) is 50.7 Å². The predicted octanol–water partition coefficient (Wildman–Crippen LogP) is 4.95. The Balaban J connectivity index is 1.70. The molecule has 0 aliphatic heterocycles. The molecule has 3 atom stereocenters. The Labute approximate surface area is 151 Å². The molecule has 2 aromatic rings. The standard InChI is InChI=1S/C23H29NO/c1-23(2,3)24-22(25)15-19(14-17-10-6-4-7-11-17)21-16-20(21)18-12-8-5-9-13-18/h4-13,19-21H,14-16H2,1-3H3,(H,24,25). The molecule has 0 aromatic heterocycles. The molecule has 2 nitrogen and oxygen atoms in total. The summed E-state index contributed by atoms with van der Waals surface area (Å²) < 4.78 is 0. The SMILES string of the molecule is CC(C)(C)NC(=O)CC(Cc1ccccc1)C1CC1c1ccccc1. The first-order valence-electron chi connectivity index (χ1n) is 9.32. The second kappa shape index (κ2) is 7.43. The van der Waals surface area contributed by atoms with Crippen molar-refractivity contribution < 1.29 is 4.79 Å². The zero-order valence-electron chi connectivity index (χ0n) is 15.5. The molecule has 132 valence electrons. The smallest absolute Gasteiger partial charge is 0.220 e. The van der Waals surface area contributed by atoms with Gasteiger partial charge in [0.05, 0.1) is 0 Å². The molecule has 1 amide bonds. The number of amides is 1. The van der Waals surface area contributed by atoms with Crippen LogP contribution >= 0.6 is 0 Å². The molecule has 0 saturated heterocycles. The molecule has 3 rings (SSSR count). The second-order valence-electron chi connectivity index (χ2n) is 8.37. The molecule has 3 unspecified atom stereocenters. The van der Waals surface area contributed by atoms with E-state index in [1.54, 1.807) is 0 Å². The van der Waals surface area contributed by atoms with Crippen molar-refractivity contribution in [3.8, 4) is 0 Å². The van der Waals surface area contributed by atoms with Gasteiger partial charge in [-0.2, -0.15) is 0 Å². The first kappa shape index (κ1) is 17.7. The van der Waals surface area contributed by atoms with Gasteiger partial charge in [-0.1, -0.05) is 60.7 Å². The highest BCUT2D eigenvalue weighted by molar-refractivity contribution is 5.77. The van der Waals surface area contributed by atoms with E-state index in [0.717, 1.165) is 6.42 Å². The van der Waals surface area contributed by atoms with Crippen LogP contribution in [-0.4, -0.2) is 11.4 Å². The number of hydrogen-bond donors (Lipinski definition) is 1. The molecule has 1 fully saturated rings. The Morgan fingerprint density at radius 2 is 1.64 bits per heavy atom. The molecule has 0 radical (unpaired) electrons. The molecule has 1 aliphatic rings. The van der Waals surface area contributed by atoms with Gasteiger partial charge < -0.3 is 5.32 Å². The van der Waals surface area contributed by atoms with Crippen molar-refractivity contribution in [3.63, 3.8) is 0 Å². The number of rotatable bonds is 6. The number of benzene rings is 2. The minimum atomic E-state index is -0.170. The summed E-state index contributed by atoms with van der Waals surface area (Å²) in [5, 5.41) is 3.13. The van der Waals surface area contributed by atoms with Gasteiger partial charge in [0.1, 0.15) is 0 Å². The van der Waals surface area contributed by atoms with E-state index in [0.29, 0.717) is 24.2 Å². The summed E-state index contributed by atoms with van der Waals surface area (Å²) in [5.74, 6) is 1.78. The highest BCUT2D eigenvalue weighted by Gasteiger charge is 2.44. The molecule has 1 aliphatic carbocycles. The van der Waals surface area contributed by atoms with E-state index in [1.807, 2.05) is 20.8 Å². The molecule has 1 saturated carbocycles. The summed E-state index contributed by atoms with van der Waals surface area (Å²) in [6.45, 7) is 6.13. The lowest BCUT2D eigenvalue weighted by atomic mass is 9.89. The Morgan fingerprint density at radius 1 is 1.04 bits per heavy atom. The fourth-order valence-electron chi connectivity index (χ4n) is 3.82. The van der Waals surface area contributed by atoms with E-state index < -0.39 is 0 Å². The van der Waals surface area contributed by atoms with Gasteiger partial charge in [-0.05, 0) is 62.5 Å². The minimum absolute atomic E-state index is 0.170. The molecule has 0 bridgehead atoms. The van der Waals surface area contributed by atoms with Crippen molar-refractivity contribution in [2.75, 3.05) is 0 Å². The maximum Gasteiger partial charge on any atom is 0.220 e. The van der Waals surface area contributed by atoms with Gasteiger partial charge in [0.25, 0.3) is 0 Å². The van der Waals surface area contributed by atoms with Crippen LogP contribution in [0.4, 0.5) is 0 Å². The summed E-state index contributed by atoms with van der Waals surface area (Å²) in [4.78, 5) is 12.5. The molecule has 25 heavy (non-hydrogen) atoms. The van der Waals surface area contributed by atoms with Crippen molar-refractivity contribution in [3.05, 3.63) is 71.8 Å². The summed E-state index contributed by atoms with van der Waals surface area (Å²) in [7, 11) is 0. The van der Waals surface area contributed by atoms with Crippen LogP contribution in [0, 0.1) is 11.8 Å². The van der Waals surface area contributed by atoms with Gasteiger partial charge in [-0.15, -0.1) is 0 Å². The lowest BCUT2D eigenvalue weighted by Gasteiger charge is -2.23. The lowest BCUT2D eigenvalue weighted by molar-refractivity contribution is -0.123. The van der Waals surface area contributed by atoms with E-state index in [2.05, 4.69) is 66.0 Å². The zero-order valence-corrected chi connectivity index (χ0v) is 15.5. The van der Waals surface area contributed by atoms with E-state index in [-0.39, 0.29) is 11.4 Å².